The molecule has 0 fully saturated rings. The molecule has 1 aromatic rings. The van der Waals surface area contributed by atoms with E-state index in [0.717, 1.165) is 5.56 Å². The predicted molar refractivity (Wildman–Crippen MR) is 44.1 cm³/mol. The van der Waals surface area contributed by atoms with E-state index in [1.807, 2.05) is 19.1 Å². The molecule has 0 aromatic heterocycles. The van der Waals surface area contributed by atoms with E-state index in [2.05, 4.69) is 4.76 Å². The third-order valence-corrected chi connectivity index (χ3v) is 1.49. The van der Waals surface area contributed by atoms with E-state index >= 15 is 0 Å². The van der Waals surface area contributed by atoms with Crippen molar-refractivity contribution in [3.05, 3.63) is 29.8 Å². The van der Waals surface area contributed by atoms with E-state index in [1.54, 1.807) is 12.1 Å². The lowest BCUT2D eigenvalue weighted by Crippen LogP contribution is -2.35. The molecular formula is C7H10BNO2. The molecule has 0 spiro atoms. The summed E-state index contributed by atoms with van der Waals surface area (Å²) in [6, 6.07) is 7.31. The van der Waals surface area contributed by atoms with Gasteiger partial charge in [0, 0.05) is 0 Å². The van der Waals surface area contributed by atoms with Gasteiger partial charge in [-0.3, -0.25) is 0 Å². The molecule has 4 heteroatoms. The maximum absolute atomic E-state index is 9.07. The average molecular weight is 151 g/mol. The molecule has 11 heavy (non-hydrogen) atoms. The topological polar surface area (TPSA) is 55.5 Å². The summed E-state index contributed by atoms with van der Waals surface area (Å²) in [7, 11) is -1.02. The second-order valence-corrected chi connectivity index (χ2v) is 2.40. The van der Waals surface area contributed by atoms with Gasteiger partial charge in [0.05, 0.1) is 0 Å². The maximum atomic E-state index is 9.07. The summed E-state index contributed by atoms with van der Waals surface area (Å²) in [5, 5.41) is 9.07. The molecule has 0 aliphatic heterocycles. The van der Waals surface area contributed by atoms with Crippen LogP contribution in [-0.2, 0) is 4.76 Å². The van der Waals surface area contributed by atoms with Crippen LogP contribution in [0.2, 0.25) is 0 Å². The van der Waals surface area contributed by atoms with Crippen LogP contribution in [0.1, 0.15) is 5.56 Å². The first kappa shape index (κ1) is 8.26. The van der Waals surface area contributed by atoms with E-state index < -0.39 is 7.12 Å². The molecule has 1 rings (SSSR count). The number of rotatable bonds is 2. The normalized spacial score (nSPS) is 9.73. The van der Waals surface area contributed by atoms with Gasteiger partial charge in [-0.15, -0.1) is 0 Å². The summed E-state index contributed by atoms with van der Waals surface area (Å²) in [5.41, 5.74) is 1.80. The molecular weight excluding hydrogens is 141 g/mol. The minimum atomic E-state index is -1.02. The van der Waals surface area contributed by atoms with Gasteiger partial charge in [0.1, 0.15) is 0 Å². The molecule has 0 saturated carbocycles. The van der Waals surface area contributed by atoms with Gasteiger partial charge in [-0.1, -0.05) is 29.8 Å². The van der Waals surface area contributed by atoms with Crippen molar-refractivity contribution < 1.29 is 9.78 Å². The minimum Gasteiger partial charge on any atom is -0.422 e. The van der Waals surface area contributed by atoms with Gasteiger partial charge in [-0.25, -0.2) is 5.90 Å². The zero-order chi connectivity index (χ0) is 8.27. The fraction of sp³-hybridized carbons (Fsp3) is 0.143. The second kappa shape index (κ2) is 3.53. The van der Waals surface area contributed by atoms with Crippen LogP contribution in [0, 0.1) is 6.92 Å². The lowest BCUT2D eigenvalue weighted by Gasteiger charge is -2.02. The zero-order valence-electron chi connectivity index (χ0n) is 6.32. The van der Waals surface area contributed by atoms with Crippen LogP contribution in [0.3, 0.4) is 0 Å². The first-order valence-corrected chi connectivity index (χ1v) is 3.34. The van der Waals surface area contributed by atoms with Crippen molar-refractivity contribution in [1.29, 1.82) is 0 Å². The Hall–Kier alpha value is -0.835. The van der Waals surface area contributed by atoms with Crippen molar-refractivity contribution in [2.45, 2.75) is 6.92 Å². The van der Waals surface area contributed by atoms with Crippen LogP contribution in [-0.4, -0.2) is 12.1 Å². The molecule has 0 heterocycles. The van der Waals surface area contributed by atoms with Crippen molar-refractivity contribution in [3.63, 3.8) is 0 Å². The van der Waals surface area contributed by atoms with Gasteiger partial charge in [-0.05, 0) is 12.4 Å². The van der Waals surface area contributed by atoms with Gasteiger partial charge in [-0.2, -0.15) is 0 Å². The van der Waals surface area contributed by atoms with E-state index in [-0.39, 0.29) is 0 Å². The Bertz CT molecular complexity index is 224. The van der Waals surface area contributed by atoms with E-state index in [1.165, 1.54) is 0 Å². The molecule has 0 atom stereocenters. The Labute approximate surface area is 65.9 Å². The number of benzene rings is 1. The Morgan fingerprint density at radius 3 is 2.36 bits per heavy atom. The fourth-order valence-corrected chi connectivity index (χ4v) is 0.810. The predicted octanol–water partition coefficient (Wildman–Crippen LogP) is -0.427. The van der Waals surface area contributed by atoms with Crippen LogP contribution in [0.25, 0.3) is 0 Å². The first-order chi connectivity index (χ1) is 5.24. The highest BCUT2D eigenvalue weighted by Gasteiger charge is 2.13. The van der Waals surface area contributed by atoms with E-state index in [4.69, 9.17) is 10.9 Å². The molecule has 3 nitrogen and oxygen atoms in total. The Balaban J connectivity index is 2.81. The summed E-state index contributed by atoms with van der Waals surface area (Å²) in [4.78, 5) is 0. The average Bonchev–Trinajstić information content (AvgIpc) is 2.05. The quantitative estimate of drug-likeness (QED) is 0.445. The van der Waals surface area contributed by atoms with Crippen molar-refractivity contribution >= 4 is 12.6 Å². The first-order valence-electron chi connectivity index (χ1n) is 3.34. The summed E-state index contributed by atoms with van der Waals surface area (Å²) in [6.45, 7) is 1.97. The van der Waals surface area contributed by atoms with Gasteiger partial charge >= 0.3 is 7.12 Å². The Morgan fingerprint density at radius 2 is 1.91 bits per heavy atom. The minimum absolute atomic E-state index is 0.665. The smallest absolute Gasteiger partial charge is 0.422 e. The molecule has 0 aliphatic rings. The molecule has 0 aliphatic carbocycles. The molecule has 0 amide bonds. The largest absolute Gasteiger partial charge is 0.508 e. The highest BCUT2D eigenvalue weighted by Crippen LogP contribution is 1.93. The molecule has 1 aromatic carbocycles. The molecule has 0 bridgehead atoms. The van der Waals surface area contributed by atoms with Crippen LogP contribution in [0.15, 0.2) is 24.3 Å². The fourth-order valence-electron chi connectivity index (χ4n) is 0.810. The monoisotopic (exact) mass is 151 g/mol. The van der Waals surface area contributed by atoms with Crippen molar-refractivity contribution in [2.75, 3.05) is 0 Å². The molecule has 3 N–H and O–H groups in total. The Kier molecular flexibility index (Phi) is 2.65. The van der Waals surface area contributed by atoms with Crippen LogP contribution in [0.4, 0.5) is 0 Å². The molecule has 58 valence electrons. The summed E-state index contributed by atoms with van der Waals surface area (Å²) >= 11 is 0. The standard InChI is InChI=1S/C7H10BNO2/c1-6-2-4-7(5-3-6)8(10)11-9/h2-5,10H,9H2,1H3. The van der Waals surface area contributed by atoms with Crippen LogP contribution in [0.5, 0.6) is 0 Å². The second-order valence-electron chi connectivity index (χ2n) is 2.40. The lowest BCUT2D eigenvalue weighted by molar-refractivity contribution is 0.281. The molecule has 0 saturated heterocycles. The van der Waals surface area contributed by atoms with Crippen molar-refractivity contribution in [3.8, 4) is 0 Å². The zero-order valence-corrected chi connectivity index (χ0v) is 6.32. The Morgan fingerprint density at radius 1 is 1.36 bits per heavy atom. The number of aryl methyl sites for hydroxylation is 1. The third kappa shape index (κ3) is 2.05. The lowest BCUT2D eigenvalue weighted by atomic mass is 9.80. The van der Waals surface area contributed by atoms with Gasteiger partial charge in [0.2, 0.25) is 0 Å². The highest BCUT2D eigenvalue weighted by molar-refractivity contribution is 6.59. The maximum Gasteiger partial charge on any atom is 0.508 e. The summed E-state index contributed by atoms with van der Waals surface area (Å²) in [6.07, 6.45) is 0. The van der Waals surface area contributed by atoms with Gasteiger partial charge in [0.15, 0.2) is 0 Å². The van der Waals surface area contributed by atoms with E-state index in [9.17, 15) is 0 Å². The van der Waals surface area contributed by atoms with Gasteiger partial charge in [0.25, 0.3) is 0 Å². The van der Waals surface area contributed by atoms with Crippen molar-refractivity contribution in [2.24, 2.45) is 5.90 Å². The summed E-state index contributed by atoms with van der Waals surface area (Å²) < 4.78 is 4.23. The number of hydrogen-bond donors (Lipinski definition) is 2. The van der Waals surface area contributed by atoms with Crippen LogP contribution < -0.4 is 11.4 Å². The van der Waals surface area contributed by atoms with Crippen molar-refractivity contribution in [1.82, 2.24) is 0 Å². The molecule has 0 unspecified atom stereocenters. The number of hydrogen-bond acceptors (Lipinski definition) is 3. The third-order valence-electron chi connectivity index (χ3n) is 1.49. The highest BCUT2D eigenvalue weighted by atomic mass is 16.6. The van der Waals surface area contributed by atoms with Gasteiger partial charge < -0.3 is 9.78 Å². The molecule has 0 radical (unpaired) electrons. The van der Waals surface area contributed by atoms with Crippen LogP contribution >= 0.6 is 0 Å². The number of nitrogens with two attached hydrogens (primary N) is 1. The van der Waals surface area contributed by atoms with E-state index in [0.29, 0.717) is 5.46 Å². The summed E-state index contributed by atoms with van der Waals surface area (Å²) in [5.74, 6) is 4.79. The SMILES string of the molecule is Cc1ccc(B(O)ON)cc1.